The zero-order chi connectivity index (χ0) is 14.5. The number of aromatic nitrogens is 1. The molecule has 106 valence electrons. The van der Waals surface area contributed by atoms with Crippen molar-refractivity contribution in [3.8, 4) is 0 Å². The molecule has 2 aromatic rings. The molecule has 0 aliphatic heterocycles. The van der Waals surface area contributed by atoms with Crippen molar-refractivity contribution < 1.29 is 4.39 Å². The summed E-state index contributed by atoms with van der Waals surface area (Å²) in [6.07, 6.45) is 4.55. The highest BCUT2D eigenvalue weighted by molar-refractivity contribution is 6.31. The second-order valence-corrected chi connectivity index (χ2v) is 5.19. The van der Waals surface area contributed by atoms with Gasteiger partial charge in [0.15, 0.2) is 0 Å². The molecule has 20 heavy (non-hydrogen) atoms. The molecular formula is C16H18ClFN2. The van der Waals surface area contributed by atoms with Crippen LogP contribution in [0.25, 0.3) is 0 Å². The van der Waals surface area contributed by atoms with Crippen LogP contribution in [0.15, 0.2) is 36.7 Å². The van der Waals surface area contributed by atoms with Crippen molar-refractivity contribution in [2.75, 3.05) is 6.54 Å². The summed E-state index contributed by atoms with van der Waals surface area (Å²) in [7, 11) is 0. The number of halogens is 2. The molecule has 1 N–H and O–H groups in total. The summed E-state index contributed by atoms with van der Waals surface area (Å²) in [4.78, 5) is 4.18. The van der Waals surface area contributed by atoms with Crippen LogP contribution in [0, 0.1) is 12.7 Å². The summed E-state index contributed by atoms with van der Waals surface area (Å²) in [5, 5.41) is 3.98. The number of aryl methyl sites for hydroxylation is 1. The first-order chi connectivity index (χ1) is 9.63. The van der Waals surface area contributed by atoms with Crippen LogP contribution in [0.5, 0.6) is 0 Å². The van der Waals surface area contributed by atoms with Crippen LogP contribution >= 0.6 is 11.6 Å². The van der Waals surface area contributed by atoms with Crippen LogP contribution in [0.2, 0.25) is 5.02 Å². The summed E-state index contributed by atoms with van der Waals surface area (Å²) in [5.41, 5.74) is 2.87. The predicted octanol–water partition coefficient (Wildman–Crippen LogP) is 4.27. The normalized spacial score (nSPS) is 12.4. The molecule has 4 heteroatoms. The quantitative estimate of drug-likeness (QED) is 0.890. The molecule has 0 radical (unpaired) electrons. The molecule has 1 heterocycles. The van der Waals surface area contributed by atoms with E-state index in [1.54, 1.807) is 12.3 Å². The molecule has 0 saturated heterocycles. The Kier molecular flexibility index (Phi) is 5.10. The van der Waals surface area contributed by atoms with Gasteiger partial charge in [-0.05, 0) is 60.8 Å². The van der Waals surface area contributed by atoms with Gasteiger partial charge in [0.25, 0.3) is 0 Å². The van der Waals surface area contributed by atoms with Gasteiger partial charge in [-0.15, -0.1) is 0 Å². The smallest absolute Gasteiger partial charge is 0.123 e. The fourth-order valence-electron chi connectivity index (χ4n) is 2.19. The molecule has 1 aromatic carbocycles. The van der Waals surface area contributed by atoms with Crippen LogP contribution in [-0.4, -0.2) is 11.5 Å². The van der Waals surface area contributed by atoms with E-state index in [-0.39, 0.29) is 11.9 Å². The lowest BCUT2D eigenvalue weighted by atomic mass is 9.96. The summed E-state index contributed by atoms with van der Waals surface area (Å²) in [5.74, 6) is -0.283. The monoisotopic (exact) mass is 292 g/mol. The first-order valence-electron chi connectivity index (χ1n) is 6.72. The van der Waals surface area contributed by atoms with Gasteiger partial charge < -0.3 is 5.32 Å². The average molecular weight is 293 g/mol. The van der Waals surface area contributed by atoms with E-state index in [1.165, 1.54) is 12.1 Å². The molecule has 0 spiro atoms. The predicted molar refractivity (Wildman–Crippen MR) is 80.5 cm³/mol. The van der Waals surface area contributed by atoms with Crippen LogP contribution in [0.1, 0.15) is 36.1 Å². The number of hydrogen-bond donors (Lipinski definition) is 1. The highest BCUT2D eigenvalue weighted by Crippen LogP contribution is 2.30. The lowest BCUT2D eigenvalue weighted by Crippen LogP contribution is -2.24. The van der Waals surface area contributed by atoms with Gasteiger partial charge in [0.1, 0.15) is 5.82 Å². The van der Waals surface area contributed by atoms with Crippen LogP contribution < -0.4 is 5.32 Å². The number of rotatable bonds is 5. The third-order valence-corrected chi connectivity index (χ3v) is 3.60. The number of nitrogens with zero attached hydrogens (tertiary/aromatic N) is 1. The topological polar surface area (TPSA) is 24.9 Å². The van der Waals surface area contributed by atoms with Crippen LogP contribution in [0.4, 0.5) is 4.39 Å². The van der Waals surface area contributed by atoms with Crippen molar-refractivity contribution in [3.63, 3.8) is 0 Å². The summed E-state index contributed by atoms with van der Waals surface area (Å²) >= 11 is 6.25. The van der Waals surface area contributed by atoms with Crippen molar-refractivity contribution in [1.82, 2.24) is 10.3 Å². The van der Waals surface area contributed by atoms with Gasteiger partial charge in [-0.1, -0.05) is 18.5 Å². The Morgan fingerprint density at radius 3 is 2.80 bits per heavy atom. The van der Waals surface area contributed by atoms with Crippen molar-refractivity contribution in [2.45, 2.75) is 26.3 Å². The van der Waals surface area contributed by atoms with E-state index >= 15 is 0 Å². The van der Waals surface area contributed by atoms with E-state index in [2.05, 4.69) is 17.2 Å². The SMILES string of the molecule is CCCNC(c1cnccc1C)c1cc(F)ccc1Cl. The largest absolute Gasteiger partial charge is 0.306 e. The second kappa shape index (κ2) is 6.82. The molecule has 0 amide bonds. The number of hydrogen-bond acceptors (Lipinski definition) is 2. The highest BCUT2D eigenvalue weighted by atomic mass is 35.5. The lowest BCUT2D eigenvalue weighted by Gasteiger charge is -2.22. The molecule has 1 atom stereocenters. The molecule has 0 bridgehead atoms. The maximum Gasteiger partial charge on any atom is 0.123 e. The van der Waals surface area contributed by atoms with Gasteiger partial charge in [0, 0.05) is 17.4 Å². The summed E-state index contributed by atoms with van der Waals surface area (Å²) in [6, 6.07) is 6.26. The third kappa shape index (κ3) is 3.35. The molecule has 0 aliphatic carbocycles. The van der Waals surface area contributed by atoms with Crippen molar-refractivity contribution in [3.05, 3.63) is 64.2 Å². The minimum Gasteiger partial charge on any atom is -0.306 e. The van der Waals surface area contributed by atoms with Gasteiger partial charge in [-0.3, -0.25) is 4.98 Å². The van der Waals surface area contributed by atoms with Crippen LogP contribution in [0.3, 0.4) is 0 Å². The average Bonchev–Trinajstić information content (AvgIpc) is 2.44. The molecule has 1 aromatic heterocycles. The Morgan fingerprint density at radius 2 is 2.10 bits per heavy atom. The van der Waals surface area contributed by atoms with Gasteiger partial charge in [0.2, 0.25) is 0 Å². The minimum absolute atomic E-state index is 0.146. The third-order valence-electron chi connectivity index (χ3n) is 3.26. The van der Waals surface area contributed by atoms with Gasteiger partial charge in [-0.25, -0.2) is 4.39 Å². The van der Waals surface area contributed by atoms with E-state index in [9.17, 15) is 4.39 Å². The Morgan fingerprint density at radius 1 is 1.30 bits per heavy atom. The zero-order valence-corrected chi connectivity index (χ0v) is 12.4. The molecule has 0 saturated carbocycles. The van der Waals surface area contributed by atoms with Gasteiger partial charge >= 0.3 is 0 Å². The number of pyridine rings is 1. The Labute approximate surface area is 124 Å². The van der Waals surface area contributed by atoms with E-state index in [0.29, 0.717) is 5.02 Å². The molecule has 0 aliphatic rings. The number of benzene rings is 1. The van der Waals surface area contributed by atoms with Gasteiger partial charge in [-0.2, -0.15) is 0 Å². The Hall–Kier alpha value is -1.45. The fraction of sp³-hybridized carbons (Fsp3) is 0.312. The number of nitrogens with one attached hydrogen (secondary N) is 1. The van der Waals surface area contributed by atoms with E-state index < -0.39 is 0 Å². The van der Waals surface area contributed by atoms with E-state index in [4.69, 9.17) is 11.6 Å². The first kappa shape index (κ1) is 14.9. The van der Waals surface area contributed by atoms with E-state index in [0.717, 1.165) is 29.7 Å². The molecule has 0 fully saturated rings. The summed E-state index contributed by atoms with van der Waals surface area (Å²) in [6.45, 7) is 4.93. The maximum absolute atomic E-state index is 13.5. The maximum atomic E-state index is 13.5. The molecular weight excluding hydrogens is 275 g/mol. The minimum atomic E-state index is -0.283. The lowest BCUT2D eigenvalue weighted by molar-refractivity contribution is 0.582. The Balaban J connectivity index is 2.47. The van der Waals surface area contributed by atoms with Crippen molar-refractivity contribution in [1.29, 1.82) is 0 Å². The standard InChI is InChI=1S/C16H18ClFN2/c1-3-7-20-16(14-10-19-8-6-11(14)2)13-9-12(18)4-5-15(13)17/h4-6,8-10,16,20H,3,7H2,1-2H3. The molecule has 2 nitrogen and oxygen atoms in total. The Bertz CT molecular complexity index is 586. The summed E-state index contributed by atoms with van der Waals surface area (Å²) < 4.78 is 13.5. The van der Waals surface area contributed by atoms with Crippen molar-refractivity contribution in [2.24, 2.45) is 0 Å². The zero-order valence-electron chi connectivity index (χ0n) is 11.7. The van der Waals surface area contributed by atoms with E-state index in [1.807, 2.05) is 19.2 Å². The second-order valence-electron chi connectivity index (χ2n) is 4.79. The van der Waals surface area contributed by atoms with Crippen molar-refractivity contribution >= 4 is 11.6 Å². The highest BCUT2D eigenvalue weighted by Gasteiger charge is 2.19. The molecule has 1 unspecified atom stereocenters. The van der Waals surface area contributed by atoms with Gasteiger partial charge in [0.05, 0.1) is 6.04 Å². The van der Waals surface area contributed by atoms with Crippen LogP contribution in [-0.2, 0) is 0 Å². The fourth-order valence-corrected chi connectivity index (χ4v) is 2.42. The first-order valence-corrected chi connectivity index (χ1v) is 7.10. The molecule has 2 rings (SSSR count).